The number of halogens is 6. The number of nitrogens with zero attached hydrogens (tertiary/aromatic N) is 4. The van der Waals surface area contributed by atoms with E-state index >= 15 is 0 Å². The highest BCUT2D eigenvalue weighted by Gasteiger charge is 2.57. The molecule has 0 aliphatic carbocycles. The van der Waals surface area contributed by atoms with Crippen molar-refractivity contribution in [3.8, 4) is 0 Å². The third kappa shape index (κ3) is 5.59. The topological polar surface area (TPSA) is 105 Å². The molecule has 16 heteroatoms. The summed E-state index contributed by atoms with van der Waals surface area (Å²) in [5.41, 5.74) is -1.39. The van der Waals surface area contributed by atoms with Gasteiger partial charge in [0.2, 0.25) is 0 Å². The first-order valence-electron chi connectivity index (χ1n) is 11.7. The van der Waals surface area contributed by atoms with E-state index in [1.807, 2.05) is 0 Å². The molecule has 0 bridgehead atoms. The van der Waals surface area contributed by atoms with Gasteiger partial charge in [0.15, 0.2) is 17.7 Å². The Morgan fingerprint density at radius 2 is 1.72 bits per heavy atom. The zero-order chi connectivity index (χ0) is 29.2. The van der Waals surface area contributed by atoms with Gasteiger partial charge in [-0.25, -0.2) is 26.4 Å². The number of benzene rings is 1. The summed E-state index contributed by atoms with van der Waals surface area (Å²) in [6.07, 6.45) is -9.49. The fourth-order valence-corrected chi connectivity index (χ4v) is 5.80. The Balaban J connectivity index is 1.79. The van der Waals surface area contributed by atoms with Gasteiger partial charge in [-0.15, -0.1) is 0 Å². The number of hydrogen-bond acceptors (Lipinski definition) is 6. The molecular weight excluding hydrogens is 558 g/mol. The number of amides is 1. The van der Waals surface area contributed by atoms with Crippen molar-refractivity contribution < 1.29 is 49.4 Å². The van der Waals surface area contributed by atoms with Crippen LogP contribution in [0.2, 0.25) is 0 Å². The average molecular weight is 585 g/mol. The molecule has 0 unspecified atom stereocenters. The fraction of sp³-hybridized carbons (Fsp3) is 0.565. The highest BCUT2D eigenvalue weighted by atomic mass is 32.2. The summed E-state index contributed by atoms with van der Waals surface area (Å²) in [6, 6.07) is -2.42. The maximum Gasteiger partial charge on any atom is 0.416 e. The standard InChI is InChI=1S/C23H26F6N4O5S/c1-22(2,3)33(21(34)35)17-7-18(31-8-11-9-32(39(4,36)37)30-16(11)10-31)20(23(27,28)29)38-19(17)12-5-14(25)15(26)6-13(12)24/h5-6,9,17-20H,7-8,10H2,1-4H3,(H,34,35)/t17-,18+,19+,20-/m0/s1. The van der Waals surface area contributed by atoms with E-state index in [9.17, 15) is 44.7 Å². The van der Waals surface area contributed by atoms with E-state index in [1.54, 1.807) is 0 Å². The second-order valence-corrected chi connectivity index (χ2v) is 12.5. The lowest BCUT2D eigenvalue weighted by Crippen LogP contribution is -2.63. The maximum atomic E-state index is 14.8. The molecule has 2 aliphatic heterocycles. The van der Waals surface area contributed by atoms with Gasteiger partial charge >= 0.3 is 12.3 Å². The minimum absolute atomic E-state index is 0.148. The van der Waals surface area contributed by atoms with Crippen molar-refractivity contribution in [2.45, 2.75) is 76.3 Å². The van der Waals surface area contributed by atoms with Gasteiger partial charge in [0, 0.05) is 48.1 Å². The highest BCUT2D eigenvalue weighted by Crippen LogP contribution is 2.46. The Labute approximate surface area is 220 Å². The van der Waals surface area contributed by atoms with Crippen LogP contribution in [0.15, 0.2) is 18.3 Å². The molecule has 2 aliphatic rings. The Morgan fingerprint density at radius 3 is 2.23 bits per heavy atom. The number of aromatic nitrogens is 2. The lowest BCUT2D eigenvalue weighted by atomic mass is 9.85. The minimum atomic E-state index is -5.02. The molecule has 4 rings (SSSR count). The second kappa shape index (κ2) is 9.66. The molecule has 2 aromatic rings. The van der Waals surface area contributed by atoms with Crippen molar-refractivity contribution >= 4 is 16.1 Å². The van der Waals surface area contributed by atoms with Gasteiger partial charge < -0.3 is 9.84 Å². The summed E-state index contributed by atoms with van der Waals surface area (Å²) in [5.74, 6) is -4.50. The van der Waals surface area contributed by atoms with Crippen LogP contribution >= 0.6 is 0 Å². The van der Waals surface area contributed by atoms with Crippen LogP contribution in [-0.2, 0) is 27.8 Å². The summed E-state index contributed by atoms with van der Waals surface area (Å²) in [7, 11) is -3.73. The maximum absolute atomic E-state index is 14.8. The molecule has 39 heavy (non-hydrogen) atoms. The van der Waals surface area contributed by atoms with Crippen LogP contribution in [0.4, 0.5) is 31.1 Å². The van der Waals surface area contributed by atoms with Gasteiger partial charge in [0.1, 0.15) is 11.9 Å². The van der Waals surface area contributed by atoms with E-state index < -0.39 is 81.6 Å². The van der Waals surface area contributed by atoms with Crippen LogP contribution < -0.4 is 0 Å². The number of fused-ring (bicyclic) bond motifs is 1. The number of hydrogen-bond donors (Lipinski definition) is 1. The number of rotatable bonds is 4. The summed E-state index contributed by atoms with van der Waals surface area (Å²) in [6.45, 7) is 4.08. The van der Waals surface area contributed by atoms with Crippen molar-refractivity contribution in [1.29, 1.82) is 0 Å². The lowest BCUT2D eigenvalue weighted by molar-refractivity contribution is -0.277. The molecule has 1 aromatic carbocycles. The smallest absolute Gasteiger partial charge is 0.416 e. The Morgan fingerprint density at radius 1 is 1.10 bits per heavy atom. The number of carboxylic acid groups (broad SMARTS) is 1. The number of alkyl halides is 3. The number of carbonyl (C=O) groups is 1. The van der Waals surface area contributed by atoms with Gasteiger partial charge in [0.05, 0.1) is 18.0 Å². The minimum Gasteiger partial charge on any atom is -0.465 e. The zero-order valence-corrected chi connectivity index (χ0v) is 22.0. The predicted octanol–water partition coefficient (Wildman–Crippen LogP) is 4.03. The molecule has 4 atom stereocenters. The van der Waals surface area contributed by atoms with Crippen LogP contribution in [0.3, 0.4) is 0 Å². The summed E-state index contributed by atoms with van der Waals surface area (Å²) >= 11 is 0. The van der Waals surface area contributed by atoms with E-state index in [0.29, 0.717) is 15.7 Å². The van der Waals surface area contributed by atoms with Crippen LogP contribution in [0, 0.1) is 17.5 Å². The largest absolute Gasteiger partial charge is 0.465 e. The zero-order valence-electron chi connectivity index (χ0n) is 21.2. The normalized spacial score (nSPS) is 24.6. The molecular formula is C23H26F6N4O5S. The Kier molecular flexibility index (Phi) is 7.22. The second-order valence-electron chi connectivity index (χ2n) is 10.6. The Hall–Kier alpha value is -2.85. The molecule has 1 amide bonds. The molecule has 1 saturated heterocycles. The summed E-state index contributed by atoms with van der Waals surface area (Å²) in [4.78, 5) is 14.5. The lowest BCUT2D eigenvalue weighted by Gasteiger charge is -2.51. The molecule has 9 nitrogen and oxygen atoms in total. The van der Waals surface area contributed by atoms with E-state index in [2.05, 4.69) is 5.10 Å². The molecule has 0 spiro atoms. The van der Waals surface area contributed by atoms with Crippen LogP contribution in [-0.4, -0.2) is 74.8 Å². The molecule has 0 saturated carbocycles. The van der Waals surface area contributed by atoms with E-state index in [1.165, 1.54) is 31.9 Å². The first kappa shape index (κ1) is 29.1. The summed E-state index contributed by atoms with van der Waals surface area (Å²) in [5, 5.41) is 14.0. The van der Waals surface area contributed by atoms with Crippen molar-refractivity contribution in [3.05, 3.63) is 52.6 Å². The highest BCUT2D eigenvalue weighted by molar-refractivity contribution is 7.89. The van der Waals surface area contributed by atoms with Gasteiger partial charge in [-0.3, -0.25) is 9.80 Å². The third-order valence-electron chi connectivity index (χ3n) is 6.80. The van der Waals surface area contributed by atoms with E-state index in [-0.39, 0.29) is 24.8 Å². The van der Waals surface area contributed by atoms with Gasteiger partial charge in [-0.2, -0.15) is 22.4 Å². The quantitative estimate of drug-likeness (QED) is 0.428. The van der Waals surface area contributed by atoms with E-state index in [4.69, 9.17) is 4.74 Å². The number of ether oxygens (including phenoxy) is 1. The first-order valence-corrected chi connectivity index (χ1v) is 13.5. The van der Waals surface area contributed by atoms with Gasteiger partial charge in [0.25, 0.3) is 10.0 Å². The molecule has 1 aromatic heterocycles. The molecule has 3 heterocycles. The van der Waals surface area contributed by atoms with Crippen LogP contribution in [0.25, 0.3) is 0 Å². The molecule has 216 valence electrons. The molecule has 1 fully saturated rings. The third-order valence-corrected chi connectivity index (χ3v) is 7.66. The van der Waals surface area contributed by atoms with Gasteiger partial charge in [-0.1, -0.05) is 0 Å². The first-order chi connectivity index (χ1) is 17.8. The monoisotopic (exact) mass is 584 g/mol. The van der Waals surface area contributed by atoms with Crippen LogP contribution in [0.1, 0.15) is 50.1 Å². The molecule has 1 N–H and O–H groups in total. The van der Waals surface area contributed by atoms with Crippen molar-refractivity contribution in [3.63, 3.8) is 0 Å². The molecule has 0 radical (unpaired) electrons. The average Bonchev–Trinajstić information content (AvgIpc) is 3.34. The Bertz CT molecular complexity index is 1370. The van der Waals surface area contributed by atoms with Crippen molar-refractivity contribution in [2.24, 2.45) is 0 Å². The van der Waals surface area contributed by atoms with Crippen molar-refractivity contribution in [2.75, 3.05) is 6.26 Å². The SMILES string of the molecule is CC(C)(C)N(C(=O)O)[C@H]1C[C@@H](N2Cc3cn(S(C)(=O)=O)nc3C2)[C@@H](C(F)(F)F)O[C@@H]1c1cc(F)c(F)cc1F. The summed E-state index contributed by atoms with van der Waals surface area (Å²) < 4.78 is 115. The van der Waals surface area contributed by atoms with E-state index in [0.717, 1.165) is 11.2 Å². The predicted molar refractivity (Wildman–Crippen MR) is 124 cm³/mol. The fourth-order valence-electron chi connectivity index (χ4n) is 5.23. The van der Waals surface area contributed by atoms with Crippen molar-refractivity contribution in [1.82, 2.24) is 19.0 Å². The van der Waals surface area contributed by atoms with Crippen LogP contribution in [0.5, 0.6) is 0 Å². The van der Waals surface area contributed by atoms with Gasteiger partial charge in [-0.05, 0) is 33.3 Å².